The van der Waals surface area contributed by atoms with E-state index in [9.17, 15) is 9.59 Å². The number of anilines is 1. The van der Waals surface area contributed by atoms with Gasteiger partial charge in [-0.05, 0) is 24.6 Å². The summed E-state index contributed by atoms with van der Waals surface area (Å²) >= 11 is 0. The van der Waals surface area contributed by atoms with Crippen molar-refractivity contribution in [2.24, 2.45) is 0 Å². The van der Waals surface area contributed by atoms with Gasteiger partial charge in [0.1, 0.15) is 5.75 Å². The van der Waals surface area contributed by atoms with E-state index in [0.29, 0.717) is 23.6 Å². The molecule has 0 saturated heterocycles. The van der Waals surface area contributed by atoms with Gasteiger partial charge in [-0.1, -0.05) is 72.3 Å². The Labute approximate surface area is 171 Å². The van der Waals surface area contributed by atoms with Gasteiger partial charge in [-0.15, -0.1) is 0 Å². The van der Waals surface area contributed by atoms with Crippen LogP contribution in [-0.2, 0) is 11.2 Å². The Balaban J connectivity index is 1.51. The fourth-order valence-electron chi connectivity index (χ4n) is 2.94. The molecule has 0 aromatic heterocycles. The second-order valence-electron chi connectivity index (χ2n) is 6.92. The summed E-state index contributed by atoms with van der Waals surface area (Å²) in [6, 6.07) is 24.8. The lowest BCUT2D eigenvalue weighted by Crippen LogP contribution is -2.14. The number of ketones is 1. The van der Waals surface area contributed by atoms with E-state index in [2.05, 4.69) is 17.4 Å². The highest BCUT2D eigenvalue weighted by molar-refractivity contribution is 6.00. The van der Waals surface area contributed by atoms with Crippen LogP contribution in [0.15, 0.2) is 78.9 Å². The van der Waals surface area contributed by atoms with Crippen LogP contribution in [0.2, 0.25) is 0 Å². The van der Waals surface area contributed by atoms with Gasteiger partial charge in [0.25, 0.3) is 0 Å². The largest absolute Gasteiger partial charge is 0.491 e. The Morgan fingerprint density at radius 3 is 2.28 bits per heavy atom. The van der Waals surface area contributed by atoms with E-state index in [1.165, 1.54) is 5.56 Å². The fourth-order valence-corrected chi connectivity index (χ4v) is 2.94. The molecule has 1 N–H and O–H groups in total. The van der Waals surface area contributed by atoms with Gasteiger partial charge in [0, 0.05) is 24.8 Å². The first kappa shape index (κ1) is 20.3. The van der Waals surface area contributed by atoms with Crippen LogP contribution in [0.25, 0.3) is 0 Å². The molecule has 1 amide bonds. The van der Waals surface area contributed by atoms with Gasteiger partial charge in [0.05, 0.1) is 12.3 Å². The number of nitrogens with one attached hydrogen (secondary N) is 1. The normalized spacial score (nSPS) is 10.4. The first-order valence-corrected chi connectivity index (χ1v) is 9.77. The van der Waals surface area contributed by atoms with Crippen LogP contribution >= 0.6 is 0 Å². The van der Waals surface area contributed by atoms with Gasteiger partial charge >= 0.3 is 0 Å². The zero-order valence-corrected chi connectivity index (χ0v) is 16.6. The maximum absolute atomic E-state index is 12.3. The summed E-state index contributed by atoms with van der Waals surface area (Å²) in [6.45, 7) is 2.49. The van der Waals surface area contributed by atoms with Crippen molar-refractivity contribution in [3.8, 4) is 5.75 Å². The minimum atomic E-state index is -0.204. The molecule has 0 aliphatic carbocycles. The third-order valence-electron chi connectivity index (χ3n) is 4.60. The third-order valence-corrected chi connectivity index (χ3v) is 4.60. The highest BCUT2D eigenvalue weighted by Crippen LogP contribution is 2.24. The van der Waals surface area contributed by atoms with Gasteiger partial charge in [-0.2, -0.15) is 0 Å². The van der Waals surface area contributed by atoms with E-state index in [1.54, 1.807) is 18.2 Å². The number of aryl methyl sites for hydroxylation is 1. The Morgan fingerprint density at radius 2 is 1.52 bits per heavy atom. The number of rotatable bonds is 9. The lowest BCUT2D eigenvalue weighted by molar-refractivity contribution is -0.116. The van der Waals surface area contributed by atoms with Crippen molar-refractivity contribution in [2.75, 3.05) is 11.9 Å². The van der Waals surface area contributed by atoms with Crippen molar-refractivity contribution in [1.82, 2.24) is 0 Å². The highest BCUT2D eigenvalue weighted by Gasteiger charge is 2.11. The number of amides is 1. The zero-order valence-electron chi connectivity index (χ0n) is 16.6. The molecule has 0 radical (unpaired) electrons. The van der Waals surface area contributed by atoms with Crippen LogP contribution in [0.5, 0.6) is 5.75 Å². The minimum Gasteiger partial charge on any atom is -0.491 e. The lowest BCUT2D eigenvalue weighted by Gasteiger charge is -2.12. The van der Waals surface area contributed by atoms with Gasteiger partial charge in [-0.25, -0.2) is 0 Å². The molecule has 0 atom stereocenters. The molecule has 0 unspecified atom stereocenters. The molecule has 0 aliphatic heterocycles. The summed E-state index contributed by atoms with van der Waals surface area (Å²) in [4.78, 5) is 24.6. The van der Waals surface area contributed by atoms with Gasteiger partial charge in [0.2, 0.25) is 5.91 Å². The number of carbonyl (C=O) groups excluding carboxylic acids is 2. The number of benzene rings is 3. The van der Waals surface area contributed by atoms with E-state index in [1.807, 2.05) is 55.5 Å². The topological polar surface area (TPSA) is 55.4 Å². The summed E-state index contributed by atoms with van der Waals surface area (Å²) in [5, 5.41) is 2.86. The molecular formula is C25H25NO3. The predicted octanol–water partition coefficient (Wildman–Crippen LogP) is 5.22. The van der Waals surface area contributed by atoms with Crippen LogP contribution in [0.4, 0.5) is 5.69 Å². The van der Waals surface area contributed by atoms with Crippen molar-refractivity contribution in [2.45, 2.75) is 26.2 Å². The van der Waals surface area contributed by atoms with Gasteiger partial charge in [-0.3, -0.25) is 9.59 Å². The molecule has 3 aromatic carbocycles. The van der Waals surface area contributed by atoms with Crippen molar-refractivity contribution in [3.05, 3.63) is 95.6 Å². The molecule has 4 nitrogen and oxygen atoms in total. The Hall–Kier alpha value is -3.40. The number of para-hydroxylation sites is 2. The van der Waals surface area contributed by atoms with Crippen LogP contribution < -0.4 is 10.1 Å². The average Bonchev–Trinajstić information content (AvgIpc) is 2.74. The molecule has 4 heteroatoms. The maximum Gasteiger partial charge on any atom is 0.224 e. The Bertz CT molecular complexity index is 949. The fraction of sp³-hybridized carbons (Fsp3) is 0.200. The molecule has 3 aromatic rings. The molecule has 0 heterocycles. The molecule has 148 valence electrons. The standard InChI is InChI=1S/C25H25NO3/c1-19-11-13-21(14-12-19)23(27)15-16-25(28)26-22-9-5-6-10-24(22)29-18-17-20-7-3-2-4-8-20/h2-14H,15-18H2,1H3,(H,26,28). The van der Waals surface area contributed by atoms with E-state index < -0.39 is 0 Å². The van der Waals surface area contributed by atoms with Crippen LogP contribution in [0.1, 0.15) is 34.3 Å². The van der Waals surface area contributed by atoms with Crippen molar-refractivity contribution in [1.29, 1.82) is 0 Å². The maximum atomic E-state index is 12.3. The molecule has 0 spiro atoms. The summed E-state index contributed by atoms with van der Waals surface area (Å²) in [6.07, 6.45) is 1.09. The first-order chi connectivity index (χ1) is 14.1. The number of hydrogen-bond acceptors (Lipinski definition) is 3. The Morgan fingerprint density at radius 1 is 0.828 bits per heavy atom. The van der Waals surface area contributed by atoms with Crippen LogP contribution in [-0.4, -0.2) is 18.3 Å². The SMILES string of the molecule is Cc1ccc(C(=O)CCC(=O)Nc2ccccc2OCCc2ccccc2)cc1. The summed E-state index contributed by atoms with van der Waals surface area (Å²) in [5.41, 5.74) is 3.55. The van der Waals surface area contributed by atoms with E-state index in [4.69, 9.17) is 4.74 Å². The molecule has 0 saturated carbocycles. The van der Waals surface area contributed by atoms with E-state index in [0.717, 1.165) is 12.0 Å². The Kier molecular flexibility index (Phi) is 7.17. The molecule has 0 bridgehead atoms. The monoisotopic (exact) mass is 387 g/mol. The second kappa shape index (κ2) is 10.2. The second-order valence-corrected chi connectivity index (χ2v) is 6.92. The zero-order chi connectivity index (χ0) is 20.5. The number of Topliss-reactive ketones (excluding diaryl/α,β-unsaturated/α-hetero) is 1. The number of ether oxygens (including phenoxy) is 1. The quantitative estimate of drug-likeness (QED) is 0.512. The molecule has 0 fully saturated rings. The molecule has 3 rings (SSSR count). The number of hydrogen-bond donors (Lipinski definition) is 1. The van der Waals surface area contributed by atoms with Crippen LogP contribution in [0.3, 0.4) is 0 Å². The summed E-state index contributed by atoms with van der Waals surface area (Å²) in [5.74, 6) is 0.388. The minimum absolute atomic E-state index is 0.0347. The molecule has 29 heavy (non-hydrogen) atoms. The van der Waals surface area contributed by atoms with Crippen molar-refractivity contribution >= 4 is 17.4 Å². The van der Waals surface area contributed by atoms with Crippen molar-refractivity contribution < 1.29 is 14.3 Å². The first-order valence-electron chi connectivity index (χ1n) is 9.77. The average molecular weight is 387 g/mol. The lowest BCUT2D eigenvalue weighted by atomic mass is 10.0. The smallest absolute Gasteiger partial charge is 0.224 e. The van der Waals surface area contributed by atoms with E-state index >= 15 is 0 Å². The van der Waals surface area contributed by atoms with E-state index in [-0.39, 0.29) is 24.5 Å². The third kappa shape index (κ3) is 6.32. The molecular weight excluding hydrogens is 362 g/mol. The summed E-state index contributed by atoms with van der Waals surface area (Å²) < 4.78 is 5.87. The number of carbonyl (C=O) groups is 2. The van der Waals surface area contributed by atoms with Gasteiger partial charge in [0.15, 0.2) is 5.78 Å². The van der Waals surface area contributed by atoms with Gasteiger partial charge < -0.3 is 10.1 Å². The molecule has 0 aliphatic rings. The van der Waals surface area contributed by atoms with Crippen LogP contribution in [0, 0.1) is 6.92 Å². The van der Waals surface area contributed by atoms with Crippen molar-refractivity contribution in [3.63, 3.8) is 0 Å². The summed E-state index contributed by atoms with van der Waals surface area (Å²) in [7, 11) is 0. The highest BCUT2D eigenvalue weighted by atomic mass is 16.5. The predicted molar refractivity (Wildman–Crippen MR) is 115 cm³/mol.